The molecule has 0 fully saturated rings. The number of carbonyl (C=O) groups excluding carboxylic acids is 2. The predicted octanol–water partition coefficient (Wildman–Crippen LogP) is 0.148. The monoisotopic (exact) mass is 523 g/mol. The quantitative estimate of drug-likeness (QED) is 0.227. The van der Waals surface area contributed by atoms with Crippen LogP contribution in [-0.2, 0) is 13.8 Å². The van der Waals surface area contributed by atoms with E-state index in [4.69, 9.17) is 26.0 Å². The van der Waals surface area contributed by atoms with Crippen molar-refractivity contribution in [1.82, 2.24) is 5.32 Å². The molecular weight excluding hydrogens is 503 g/mol. The first kappa shape index (κ1) is 28.9. The van der Waals surface area contributed by atoms with Gasteiger partial charge in [-0.05, 0) is 57.2 Å². The third-order valence-electron chi connectivity index (χ3n) is 5.04. The molecule has 13 heteroatoms. The molecule has 34 heavy (non-hydrogen) atoms. The number of nitrogens with one attached hydrogen (secondary N) is 1. The molecule has 1 aliphatic rings. The smallest absolute Gasteiger partial charge is 0.756 e. The topological polar surface area (TPSA) is 134 Å². The number of hydrogen-bond acceptors (Lipinski definition) is 7. The Kier molecular flexibility index (Phi) is 9.49. The van der Waals surface area contributed by atoms with Crippen molar-refractivity contribution in [3.8, 4) is 5.75 Å². The van der Waals surface area contributed by atoms with E-state index in [0.717, 1.165) is 12.1 Å². The summed E-state index contributed by atoms with van der Waals surface area (Å²) in [6.45, 7) is 3.79. The van der Waals surface area contributed by atoms with Gasteiger partial charge in [0.15, 0.2) is 12.6 Å². The molecule has 1 unspecified atom stereocenters. The van der Waals surface area contributed by atoms with Gasteiger partial charge in [0.2, 0.25) is 0 Å². The minimum atomic E-state index is -5.07. The van der Waals surface area contributed by atoms with E-state index in [1.54, 1.807) is 26.0 Å². The van der Waals surface area contributed by atoms with Crippen LogP contribution in [0.25, 0.3) is 0 Å². The molecule has 0 bridgehead atoms. The number of rotatable bonds is 7. The summed E-state index contributed by atoms with van der Waals surface area (Å²) in [4.78, 5) is 44.8. The molecule has 0 spiro atoms. The SMILES string of the molecule is CC(=O)c1ccc2c(c1)[C@H](NC(=O)c1ccc(F)cc1Cl)[C@@H](OCOP(=O)([O-])O)C(C)(C)O2.[Na+]. The average Bonchev–Trinajstić information content (AvgIpc) is 2.68. The Morgan fingerprint density at radius 1 is 1.29 bits per heavy atom. The first-order valence-electron chi connectivity index (χ1n) is 9.68. The van der Waals surface area contributed by atoms with Crippen molar-refractivity contribution in [2.24, 2.45) is 0 Å². The second-order valence-corrected chi connectivity index (χ2v) is 9.49. The van der Waals surface area contributed by atoms with Crippen LogP contribution in [0.1, 0.15) is 53.1 Å². The van der Waals surface area contributed by atoms with Gasteiger partial charge in [0.25, 0.3) is 13.7 Å². The molecule has 2 aromatic carbocycles. The summed E-state index contributed by atoms with van der Waals surface area (Å²) in [5.41, 5.74) is -0.416. The Morgan fingerprint density at radius 3 is 2.56 bits per heavy atom. The number of phosphoric ester groups is 1. The minimum absolute atomic E-state index is 0. The van der Waals surface area contributed by atoms with Crippen molar-refractivity contribution in [3.05, 3.63) is 63.9 Å². The number of ketones is 1. The molecular formula is C21H21ClFNNaO8P. The van der Waals surface area contributed by atoms with Crippen LogP contribution < -0.4 is 44.5 Å². The predicted molar refractivity (Wildman–Crippen MR) is 113 cm³/mol. The van der Waals surface area contributed by atoms with Crippen molar-refractivity contribution in [2.45, 2.75) is 38.5 Å². The Labute approximate surface area is 222 Å². The molecule has 9 nitrogen and oxygen atoms in total. The minimum Gasteiger partial charge on any atom is -0.756 e. The van der Waals surface area contributed by atoms with Crippen LogP contribution in [0.5, 0.6) is 5.75 Å². The van der Waals surface area contributed by atoms with E-state index in [1.807, 2.05) is 0 Å². The number of hydrogen-bond donors (Lipinski definition) is 2. The Hall–Kier alpha value is -1.33. The standard InChI is InChI=1S/C21H22ClFNO8P.Na/c1-11(25)12-4-7-17-15(8-12)18(24-20(26)14-6-5-13(23)9-16(14)22)19(21(2,3)32-17)30-10-31-33(27,28)29;/h4-9,18-19H,10H2,1-3H3,(H,24,26)(H2,27,28,29);/q;+1/p-1/t18-,19+;/m0./s1. The fourth-order valence-corrected chi connectivity index (χ4v) is 3.97. The molecule has 2 aromatic rings. The van der Waals surface area contributed by atoms with Gasteiger partial charge in [-0.25, -0.2) is 4.39 Å². The van der Waals surface area contributed by atoms with E-state index in [0.29, 0.717) is 16.9 Å². The number of ether oxygens (including phenoxy) is 2. The number of fused-ring (bicyclic) bond motifs is 1. The van der Waals surface area contributed by atoms with Crippen molar-refractivity contribution < 1.29 is 71.9 Å². The van der Waals surface area contributed by atoms with Crippen molar-refractivity contribution in [1.29, 1.82) is 0 Å². The number of phosphoric acid groups is 1. The van der Waals surface area contributed by atoms with E-state index in [1.165, 1.54) is 19.1 Å². The van der Waals surface area contributed by atoms with Crippen LogP contribution in [0.15, 0.2) is 36.4 Å². The van der Waals surface area contributed by atoms with E-state index < -0.39 is 44.1 Å². The van der Waals surface area contributed by atoms with E-state index in [-0.39, 0.29) is 45.9 Å². The fourth-order valence-electron chi connectivity index (χ4n) is 3.52. The molecule has 2 N–H and O–H groups in total. The van der Waals surface area contributed by atoms with Gasteiger partial charge in [-0.1, -0.05) is 11.6 Å². The zero-order valence-electron chi connectivity index (χ0n) is 18.8. The molecule has 3 atom stereocenters. The Morgan fingerprint density at radius 2 is 1.97 bits per heavy atom. The maximum Gasteiger partial charge on any atom is 1.00 e. The molecule has 1 aliphatic heterocycles. The number of amides is 1. The first-order valence-corrected chi connectivity index (χ1v) is 11.6. The summed E-state index contributed by atoms with van der Waals surface area (Å²) in [6, 6.07) is 6.96. The van der Waals surface area contributed by atoms with Crippen LogP contribution >= 0.6 is 19.4 Å². The molecule has 0 aromatic heterocycles. The van der Waals surface area contributed by atoms with E-state index in [2.05, 4.69) is 9.84 Å². The van der Waals surface area contributed by atoms with E-state index in [9.17, 15) is 23.4 Å². The molecule has 1 amide bonds. The van der Waals surface area contributed by atoms with E-state index >= 15 is 0 Å². The van der Waals surface area contributed by atoms with Crippen molar-refractivity contribution in [3.63, 3.8) is 0 Å². The summed E-state index contributed by atoms with van der Waals surface area (Å²) in [7, 11) is -5.07. The number of benzene rings is 2. The van der Waals surface area contributed by atoms with Gasteiger partial charge in [-0.2, -0.15) is 0 Å². The zero-order valence-corrected chi connectivity index (χ0v) is 22.5. The largest absolute Gasteiger partial charge is 1.00 e. The second-order valence-electron chi connectivity index (χ2n) is 7.89. The van der Waals surface area contributed by atoms with Crippen molar-refractivity contribution >= 4 is 31.1 Å². The van der Waals surface area contributed by atoms with Gasteiger partial charge < -0.3 is 24.6 Å². The van der Waals surface area contributed by atoms with Crippen LogP contribution in [0.2, 0.25) is 5.02 Å². The van der Waals surface area contributed by atoms with Gasteiger partial charge in [0, 0.05) is 11.1 Å². The zero-order chi connectivity index (χ0) is 24.6. The first-order chi connectivity index (χ1) is 15.3. The molecule has 0 radical (unpaired) electrons. The summed E-state index contributed by atoms with van der Waals surface area (Å²) in [5.74, 6) is -1.17. The molecule has 178 valence electrons. The number of Topliss-reactive ketones (excluding diaryl/α,β-unsaturated/α-hetero) is 1. The molecule has 3 rings (SSSR count). The maximum absolute atomic E-state index is 13.4. The average molecular weight is 524 g/mol. The van der Waals surface area contributed by atoms with Crippen LogP contribution in [0.3, 0.4) is 0 Å². The molecule has 0 saturated heterocycles. The summed E-state index contributed by atoms with van der Waals surface area (Å²) >= 11 is 6.02. The number of halogens is 2. The third kappa shape index (κ3) is 6.87. The van der Waals surface area contributed by atoms with Gasteiger partial charge >= 0.3 is 29.6 Å². The summed E-state index contributed by atoms with van der Waals surface area (Å²) in [5, 5.41) is 2.62. The molecule has 1 heterocycles. The molecule has 0 saturated carbocycles. The van der Waals surface area contributed by atoms with Gasteiger partial charge in [-0.15, -0.1) is 0 Å². The molecule has 0 aliphatic carbocycles. The second kappa shape index (κ2) is 11.2. The van der Waals surface area contributed by atoms with Gasteiger partial charge in [-0.3, -0.25) is 18.7 Å². The Balaban J connectivity index is 0.00000408. The van der Waals surface area contributed by atoms with Crippen molar-refractivity contribution in [2.75, 3.05) is 6.79 Å². The summed E-state index contributed by atoms with van der Waals surface area (Å²) < 4.78 is 40.2. The van der Waals surface area contributed by atoms with Gasteiger partial charge in [0.1, 0.15) is 23.3 Å². The fraction of sp³-hybridized carbons (Fsp3) is 0.333. The summed E-state index contributed by atoms with van der Waals surface area (Å²) in [6.07, 6.45) is -1.04. The van der Waals surface area contributed by atoms with Crippen LogP contribution in [0.4, 0.5) is 4.39 Å². The van der Waals surface area contributed by atoms with Crippen LogP contribution in [-0.4, -0.2) is 35.1 Å². The third-order valence-corrected chi connectivity index (χ3v) is 5.78. The van der Waals surface area contributed by atoms with Gasteiger partial charge in [0.05, 0.1) is 16.6 Å². The number of carbonyl (C=O) groups is 2. The van der Waals surface area contributed by atoms with Crippen LogP contribution in [0, 0.1) is 5.82 Å². The Bertz CT molecular complexity index is 1140. The maximum atomic E-state index is 13.4. The normalized spacial score (nSPS) is 20.2.